The molecular weight excluding hydrogens is 210 g/mol. The summed E-state index contributed by atoms with van der Waals surface area (Å²) in [5.74, 6) is 0.622. The minimum absolute atomic E-state index is 0.163. The van der Waals surface area contributed by atoms with Crippen molar-refractivity contribution >= 4 is 5.96 Å². The van der Waals surface area contributed by atoms with E-state index in [4.69, 9.17) is 5.73 Å². The highest BCUT2D eigenvalue weighted by Gasteiger charge is 2.25. The average Bonchev–Trinajstić information content (AvgIpc) is 3.12. The fourth-order valence-electron chi connectivity index (χ4n) is 2.32. The van der Waals surface area contributed by atoms with Crippen LogP contribution in [-0.2, 0) is 0 Å². The van der Waals surface area contributed by atoms with Gasteiger partial charge < -0.3 is 11.1 Å². The summed E-state index contributed by atoms with van der Waals surface area (Å²) in [5, 5.41) is 3.24. The van der Waals surface area contributed by atoms with Crippen molar-refractivity contribution in [3.63, 3.8) is 0 Å². The summed E-state index contributed by atoms with van der Waals surface area (Å²) in [5.41, 5.74) is 7.60. The van der Waals surface area contributed by atoms with E-state index in [0.29, 0.717) is 12.0 Å². The number of hydrogen-bond acceptors (Lipinski definition) is 1. The van der Waals surface area contributed by atoms with Crippen molar-refractivity contribution in [3.05, 3.63) is 11.6 Å². The van der Waals surface area contributed by atoms with Crippen LogP contribution < -0.4 is 11.1 Å². The van der Waals surface area contributed by atoms with E-state index in [1.807, 2.05) is 0 Å². The second kappa shape index (κ2) is 5.11. The Morgan fingerprint density at radius 3 is 2.82 bits per heavy atom. The van der Waals surface area contributed by atoms with Gasteiger partial charge in [0.05, 0.1) is 6.54 Å². The maximum Gasteiger partial charge on any atom is 0.188 e. The Morgan fingerprint density at radius 1 is 1.47 bits per heavy atom. The first-order valence-electron chi connectivity index (χ1n) is 6.84. The van der Waals surface area contributed by atoms with Gasteiger partial charge in [0.15, 0.2) is 5.96 Å². The molecule has 1 saturated carbocycles. The monoisotopic (exact) mass is 235 g/mol. The zero-order valence-electron chi connectivity index (χ0n) is 11.1. The molecule has 0 aliphatic heterocycles. The Labute approximate surface area is 105 Å². The van der Waals surface area contributed by atoms with Crippen molar-refractivity contribution in [1.29, 1.82) is 0 Å². The van der Waals surface area contributed by atoms with E-state index in [1.54, 1.807) is 5.57 Å². The SMILES string of the molecule is CC(C)(CN=C(N)NC1CC1)C1=CCCCC1. The summed E-state index contributed by atoms with van der Waals surface area (Å²) in [6, 6.07) is 0.593. The lowest BCUT2D eigenvalue weighted by Gasteiger charge is -2.29. The van der Waals surface area contributed by atoms with Crippen molar-refractivity contribution in [3.8, 4) is 0 Å². The van der Waals surface area contributed by atoms with Gasteiger partial charge in [-0.3, -0.25) is 4.99 Å². The molecule has 0 saturated heterocycles. The van der Waals surface area contributed by atoms with E-state index in [9.17, 15) is 0 Å². The second-order valence-corrected chi connectivity index (χ2v) is 5.98. The summed E-state index contributed by atoms with van der Waals surface area (Å²) in [6.07, 6.45) is 10.0. The molecule has 2 rings (SSSR count). The Bertz CT molecular complexity index is 324. The van der Waals surface area contributed by atoms with E-state index in [0.717, 1.165) is 6.54 Å². The highest BCUT2D eigenvalue weighted by Crippen LogP contribution is 2.34. The number of aliphatic imine (C=N–C) groups is 1. The lowest BCUT2D eigenvalue weighted by molar-refractivity contribution is 0.426. The smallest absolute Gasteiger partial charge is 0.188 e. The molecule has 0 heterocycles. The standard InChI is InChI=1S/C14H25N3/c1-14(2,11-6-4-3-5-7-11)10-16-13(15)17-12-8-9-12/h6,12H,3-5,7-10H2,1-2H3,(H3,15,16,17). The molecule has 17 heavy (non-hydrogen) atoms. The number of allylic oxidation sites excluding steroid dienone is 1. The number of rotatable bonds is 4. The number of nitrogens with one attached hydrogen (secondary N) is 1. The van der Waals surface area contributed by atoms with Crippen LogP contribution >= 0.6 is 0 Å². The van der Waals surface area contributed by atoms with Crippen molar-refractivity contribution in [2.45, 2.75) is 58.4 Å². The van der Waals surface area contributed by atoms with Crippen LogP contribution in [0.25, 0.3) is 0 Å². The van der Waals surface area contributed by atoms with Gasteiger partial charge in [0, 0.05) is 11.5 Å². The van der Waals surface area contributed by atoms with Gasteiger partial charge in [-0.05, 0) is 38.5 Å². The number of guanidine groups is 1. The fraction of sp³-hybridized carbons (Fsp3) is 0.786. The average molecular weight is 235 g/mol. The maximum absolute atomic E-state index is 5.87. The van der Waals surface area contributed by atoms with Crippen LogP contribution in [0.3, 0.4) is 0 Å². The third-order valence-corrected chi connectivity index (χ3v) is 3.73. The quantitative estimate of drug-likeness (QED) is 0.447. The molecule has 0 unspecified atom stereocenters. The van der Waals surface area contributed by atoms with E-state index in [1.165, 1.54) is 38.5 Å². The lowest BCUT2D eigenvalue weighted by Crippen LogP contribution is -2.34. The van der Waals surface area contributed by atoms with Gasteiger partial charge in [-0.25, -0.2) is 0 Å². The highest BCUT2D eigenvalue weighted by molar-refractivity contribution is 5.78. The minimum Gasteiger partial charge on any atom is -0.370 e. The molecule has 3 nitrogen and oxygen atoms in total. The molecule has 1 fully saturated rings. The normalized spacial score (nSPS) is 22.2. The maximum atomic E-state index is 5.87. The van der Waals surface area contributed by atoms with Crippen LogP contribution in [0.15, 0.2) is 16.6 Å². The van der Waals surface area contributed by atoms with E-state index < -0.39 is 0 Å². The summed E-state index contributed by atoms with van der Waals surface area (Å²) in [7, 11) is 0. The Hall–Kier alpha value is -0.990. The lowest BCUT2D eigenvalue weighted by atomic mass is 9.79. The topological polar surface area (TPSA) is 50.4 Å². The van der Waals surface area contributed by atoms with Crippen LogP contribution in [-0.4, -0.2) is 18.5 Å². The molecule has 96 valence electrons. The summed E-state index contributed by atoms with van der Waals surface area (Å²) in [4.78, 5) is 4.49. The van der Waals surface area contributed by atoms with Gasteiger partial charge in [0.1, 0.15) is 0 Å². The predicted octanol–water partition coefficient (Wildman–Crippen LogP) is 2.58. The number of nitrogens with two attached hydrogens (primary N) is 1. The Morgan fingerprint density at radius 2 is 2.24 bits per heavy atom. The van der Waals surface area contributed by atoms with Crippen LogP contribution in [0.1, 0.15) is 52.4 Å². The second-order valence-electron chi connectivity index (χ2n) is 5.98. The largest absolute Gasteiger partial charge is 0.370 e. The molecule has 0 aromatic rings. The minimum atomic E-state index is 0.163. The van der Waals surface area contributed by atoms with Crippen molar-refractivity contribution in [1.82, 2.24) is 5.32 Å². The van der Waals surface area contributed by atoms with Crippen molar-refractivity contribution in [2.75, 3.05) is 6.54 Å². The van der Waals surface area contributed by atoms with Crippen LogP contribution in [0.5, 0.6) is 0 Å². The van der Waals surface area contributed by atoms with Gasteiger partial charge in [-0.2, -0.15) is 0 Å². The molecule has 0 bridgehead atoms. The molecule has 0 radical (unpaired) electrons. The highest BCUT2D eigenvalue weighted by atomic mass is 15.1. The zero-order valence-corrected chi connectivity index (χ0v) is 11.1. The van der Waals surface area contributed by atoms with E-state index in [-0.39, 0.29) is 5.41 Å². The van der Waals surface area contributed by atoms with Gasteiger partial charge in [-0.1, -0.05) is 25.5 Å². The fourth-order valence-corrected chi connectivity index (χ4v) is 2.32. The predicted molar refractivity (Wildman–Crippen MR) is 73.0 cm³/mol. The van der Waals surface area contributed by atoms with Gasteiger partial charge >= 0.3 is 0 Å². The van der Waals surface area contributed by atoms with Crippen molar-refractivity contribution < 1.29 is 0 Å². The summed E-state index contributed by atoms with van der Waals surface area (Å²) in [6.45, 7) is 5.35. The molecule has 0 amide bonds. The summed E-state index contributed by atoms with van der Waals surface area (Å²) >= 11 is 0. The molecule has 0 atom stereocenters. The molecular formula is C14H25N3. The first kappa shape index (κ1) is 12.5. The molecule has 2 aliphatic carbocycles. The van der Waals surface area contributed by atoms with Gasteiger partial charge in [-0.15, -0.1) is 0 Å². The Kier molecular flexibility index (Phi) is 3.75. The van der Waals surface area contributed by atoms with E-state index in [2.05, 4.69) is 30.2 Å². The van der Waals surface area contributed by atoms with Crippen LogP contribution in [0, 0.1) is 5.41 Å². The molecule has 3 heteroatoms. The molecule has 0 aromatic carbocycles. The van der Waals surface area contributed by atoms with Gasteiger partial charge in [0.2, 0.25) is 0 Å². The Balaban J connectivity index is 1.88. The first-order valence-corrected chi connectivity index (χ1v) is 6.84. The first-order chi connectivity index (χ1) is 8.08. The van der Waals surface area contributed by atoms with Crippen molar-refractivity contribution in [2.24, 2.45) is 16.1 Å². The van der Waals surface area contributed by atoms with Crippen LogP contribution in [0.2, 0.25) is 0 Å². The van der Waals surface area contributed by atoms with E-state index >= 15 is 0 Å². The summed E-state index contributed by atoms with van der Waals surface area (Å²) < 4.78 is 0. The molecule has 3 N–H and O–H groups in total. The molecule has 0 spiro atoms. The number of nitrogens with zero attached hydrogens (tertiary/aromatic N) is 1. The number of hydrogen-bond donors (Lipinski definition) is 2. The molecule has 0 aromatic heterocycles. The molecule has 2 aliphatic rings. The van der Waals surface area contributed by atoms with Crippen LogP contribution in [0.4, 0.5) is 0 Å². The third-order valence-electron chi connectivity index (χ3n) is 3.73. The zero-order chi connectivity index (χ0) is 12.3. The third kappa shape index (κ3) is 3.76. The van der Waals surface area contributed by atoms with Gasteiger partial charge in [0.25, 0.3) is 0 Å².